The van der Waals surface area contributed by atoms with Crippen LogP contribution in [-0.2, 0) is 11.3 Å². The van der Waals surface area contributed by atoms with Crippen LogP contribution in [0.4, 0.5) is 0 Å². The molecule has 0 unspecified atom stereocenters. The molecular weight excluding hydrogens is 262 g/mol. The van der Waals surface area contributed by atoms with Crippen LogP contribution in [0.1, 0.15) is 50.7 Å². The Balaban J connectivity index is 1.44. The van der Waals surface area contributed by atoms with E-state index in [4.69, 9.17) is 4.42 Å². The van der Waals surface area contributed by atoms with E-state index in [9.17, 15) is 4.79 Å². The maximum absolute atomic E-state index is 11.9. The molecule has 1 aliphatic carbocycles. The molecule has 1 heterocycles. The van der Waals surface area contributed by atoms with Gasteiger partial charge in [-0.2, -0.15) is 0 Å². The molecule has 0 atom stereocenters. The number of carbonyl (C=O) groups is 1. The second-order valence-corrected chi connectivity index (χ2v) is 6.07. The average molecular weight is 285 g/mol. The Morgan fingerprint density at radius 1 is 1.19 bits per heavy atom. The minimum Gasteiger partial charge on any atom is -0.459 e. The first-order valence-corrected chi connectivity index (χ1v) is 8.05. The number of furan rings is 1. The topological polar surface area (TPSA) is 42.2 Å². The number of benzene rings is 1. The number of hydrogen-bond acceptors (Lipinski definition) is 2. The molecule has 1 amide bonds. The Morgan fingerprint density at radius 2 is 2.00 bits per heavy atom. The van der Waals surface area contributed by atoms with Gasteiger partial charge in [-0.3, -0.25) is 4.79 Å². The van der Waals surface area contributed by atoms with E-state index in [1.807, 2.05) is 30.3 Å². The zero-order chi connectivity index (χ0) is 14.5. The van der Waals surface area contributed by atoms with Gasteiger partial charge in [-0.25, -0.2) is 0 Å². The van der Waals surface area contributed by atoms with Crippen molar-refractivity contribution >= 4 is 16.9 Å². The van der Waals surface area contributed by atoms with Gasteiger partial charge in [0.1, 0.15) is 11.3 Å². The Labute approximate surface area is 125 Å². The quantitative estimate of drug-likeness (QED) is 0.884. The third kappa shape index (κ3) is 3.87. The van der Waals surface area contributed by atoms with Crippen molar-refractivity contribution in [3.63, 3.8) is 0 Å². The summed E-state index contributed by atoms with van der Waals surface area (Å²) in [6, 6.07) is 9.91. The SMILES string of the molecule is O=C(CCC1CCCCC1)NCc1cc2ccccc2o1. The lowest BCUT2D eigenvalue weighted by Gasteiger charge is -2.20. The zero-order valence-corrected chi connectivity index (χ0v) is 12.4. The summed E-state index contributed by atoms with van der Waals surface area (Å²) in [4.78, 5) is 11.9. The van der Waals surface area contributed by atoms with E-state index in [-0.39, 0.29) is 5.91 Å². The zero-order valence-electron chi connectivity index (χ0n) is 12.4. The fraction of sp³-hybridized carbons (Fsp3) is 0.500. The number of nitrogens with one attached hydrogen (secondary N) is 1. The molecule has 0 radical (unpaired) electrons. The van der Waals surface area contributed by atoms with E-state index in [2.05, 4.69) is 5.32 Å². The second kappa shape index (κ2) is 6.79. The van der Waals surface area contributed by atoms with Gasteiger partial charge in [0.15, 0.2) is 0 Å². The number of para-hydroxylation sites is 1. The highest BCUT2D eigenvalue weighted by molar-refractivity contribution is 5.78. The summed E-state index contributed by atoms with van der Waals surface area (Å²) < 4.78 is 5.70. The van der Waals surface area contributed by atoms with Crippen molar-refractivity contribution in [3.05, 3.63) is 36.1 Å². The van der Waals surface area contributed by atoms with E-state index in [0.717, 1.165) is 29.1 Å². The van der Waals surface area contributed by atoms with Gasteiger partial charge in [-0.1, -0.05) is 50.3 Å². The van der Waals surface area contributed by atoms with Crippen LogP contribution in [0.25, 0.3) is 11.0 Å². The standard InChI is InChI=1S/C18H23NO2/c20-18(11-10-14-6-2-1-3-7-14)19-13-16-12-15-8-4-5-9-17(15)21-16/h4-5,8-9,12,14H,1-3,6-7,10-11,13H2,(H,19,20). The molecular formula is C18H23NO2. The summed E-state index contributed by atoms with van der Waals surface area (Å²) in [6.07, 6.45) is 8.33. The fourth-order valence-electron chi connectivity index (χ4n) is 3.21. The lowest BCUT2D eigenvalue weighted by molar-refractivity contribution is -0.121. The molecule has 3 rings (SSSR count). The molecule has 1 fully saturated rings. The average Bonchev–Trinajstić information content (AvgIpc) is 2.95. The van der Waals surface area contributed by atoms with Crippen LogP contribution in [0.15, 0.2) is 34.7 Å². The van der Waals surface area contributed by atoms with Gasteiger partial charge >= 0.3 is 0 Å². The Hall–Kier alpha value is -1.77. The molecule has 3 heteroatoms. The van der Waals surface area contributed by atoms with Gasteiger partial charge in [-0.15, -0.1) is 0 Å². The smallest absolute Gasteiger partial charge is 0.220 e. The van der Waals surface area contributed by atoms with Crippen LogP contribution in [0.3, 0.4) is 0 Å². The third-order valence-electron chi connectivity index (χ3n) is 4.44. The molecule has 1 aliphatic rings. The number of amides is 1. The van der Waals surface area contributed by atoms with E-state index in [1.54, 1.807) is 0 Å². The van der Waals surface area contributed by atoms with Crippen molar-refractivity contribution in [1.82, 2.24) is 5.32 Å². The monoisotopic (exact) mass is 285 g/mol. The maximum Gasteiger partial charge on any atom is 0.220 e. The highest BCUT2D eigenvalue weighted by atomic mass is 16.3. The molecule has 112 valence electrons. The summed E-state index contributed by atoms with van der Waals surface area (Å²) in [7, 11) is 0. The minimum atomic E-state index is 0.140. The number of carbonyl (C=O) groups excluding carboxylic acids is 1. The molecule has 1 N–H and O–H groups in total. The normalized spacial score (nSPS) is 16.2. The summed E-state index contributed by atoms with van der Waals surface area (Å²) >= 11 is 0. The van der Waals surface area contributed by atoms with Gasteiger partial charge in [0.05, 0.1) is 6.54 Å². The van der Waals surface area contributed by atoms with E-state index in [0.29, 0.717) is 13.0 Å². The van der Waals surface area contributed by atoms with Crippen molar-refractivity contribution in [2.75, 3.05) is 0 Å². The van der Waals surface area contributed by atoms with Crippen LogP contribution in [-0.4, -0.2) is 5.91 Å². The van der Waals surface area contributed by atoms with Crippen LogP contribution >= 0.6 is 0 Å². The molecule has 2 aromatic rings. The van der Waals surface area contributed by atoms with E-state index < -0.39 is 0 Å². The van der Waals surface area contributed by atoms with Crippen LogP contribution < -0.4 is 5.32 Å². The van der Waals surface area contributed by atoms with E-state index in [1.165, 1.54) is 32.1 Å². The predicted octanol–water partition coefficient (Wildman–Crippen LogP) is 4.41. The third-order valence-corrected chi connectivity index (χ3v) is 4.44. The number of fused-ring (bicyclic) bond motifs is 1. The van der Waals surface area contributed by atoms with Gasteiger partial charge in [-0.05, 0) is 24.5 Å². The van der Waals surface area contributed by atoms with Gasteiger partial charge in [0.25, 0.3) is 0 Å². The van der Waals surface area contributed by atoms with Gasteiger partial charge in [0, 0.05) is 11.8 Å². The van der Waals surface area contributed by atoms with Crippen molar-refractivity contribution < 1.29 is 9.21 Å². The number of rotatable bonds is 5. The highest BCUT2D eigenvalue weighted by Gasteiger charge is 2.14. The molecule has 1 aromatic heterocycles. The predicted molar refractivity (Wildman–Crippen MR) is 83.9 cm³/mol. The largest absolute Gasteiger partial charge is 0.459 e. The first-order chi connectivity index (χ1) is 10.3. The second-order valence-electron chi connectivity index (χ2n) is 6.07. The molecule has 3 nitrogen and oxygen atoms in total. The minimum absolute atomic E-state index is 0.140. The van der Waals surface area contributed by atoms with Crippen molar-refractivity contribution in [3.8, 4) is 0 Å². The van der Waals surface area contributed by atoms with Gasteiger partial charge < -0.3 is 9.73 Å². The molecule has 0 aliphatic heterocycles. The van der Waals surface area contributed by atoms with E-state index >= 15 is 0 Å². The first-order valence-electron chi connectivity index (χ1n) is 8.05. The Morgan fingerprint density at radius 3 is 2.81 bits per heavy atom. The van der Waals surface area contributed by atoms with Crippen molar-refractivity contribution in [2.24, 2.45) is 5.92 Å². The summed E-state index contributed by atoms with van der Waals surface area (Å²) in [5.41, 5.74) is 0.879. The summed E-state index contributed by atoms with van der Waals surface area (Å²) in [6.45, 7) is 0.484. The van der Waals surface area contributed by atoms with Gasteiger partial charge in [0.2, 0.25) is 5.91 Å². The van der Waals surface area contributed by atoms with Crippen LogP contribution in [0.2, 0.25) is 0 Å². The Kier molecular flexibility index (Phi) is 4.59. The van der Waals surface area contributed by atoms with Crippen molar-refractivity contribution in [2.45, 2.75) is 51.5 Å². The first kappa shape index (κ1) is 14.2. The lowest BCUT2D eigenvalue weighted by atomic mass is 9.86. The van der Waals surface area contributed by atoms with Crippen LogP contribution in [0, 0.1) is 5.92 Å². The number of hydrogen-bond donors (Lipinski definition) is 1. The fourth-order valence-corrected chi connectivity index (χ4v) is 3.21. The maximum atomic E-state index is 11.9. The molecule has 1 aromatic carbocycles. The summed E-state index contributed by atoms with van der Waals surface area (Å²) in [5, 5.41) is 4.05. The summed E-state index contributed by atoms with van der Waals surface area (Å²) in [5.74, 6) is 1.72. The molecule has 0 bridgehead atoms. The lowest BCUT2D eigenvalue weighted by Crippen LogP contribution is -2.23. The molecule has 0 spiro atoms. The molecule has 21 heavy (non-hydrogen) atoms. The van der Waals surface area contributed by atoms with Crippen molar-refractivity contribution in [1.29, 1.82) is 0 Å². The highest BCUT2D eigenvalue weighted by Crippen LogP contribution is 2.27. The molecule has 1 saturated carbocycles. The van der Waals surface area contributed by atoms with Crippen LogP contribution in [0.5, 0.6) is 0 Å². The molecule has 0 saturated heterocycles. The Bertz CT molecular complexity index is 563.